The molecule has 1 aliphatic heterocycles. The smallest absolute Gasteiger partial charge is 0.431 e. The zero-order valence-electron chi connectivity index (χ0n) is 14.7. The summed E-state index contributed by atoms with van der Waals surface area (Å²) in [5.41, 5.74) is -3.95. The molecule has 1 heterocycles. The van der Waals surface area contributed by atoms with Crippen molar-refractivity contribution in [2.24, 2.45) is 0 Å². The number of nitro benzene ring substituents is 1. The number of hydrogen-bond acceptors (Lipinski definition) is 6. The maximum Gasteiger partial charge on any atom is 0.431 e. The summed E-state index contributed by atoms with van der Waals surface area (Å²) in [4.78, 5) is 34.4. The van der Waals surface area contributed by atoms with E-state index in [1.54, 1.807) is 0 Å². The van der Waals surface area contributed by atoms with Crippen LogP contribution in [0, 0.1) is 10.1 Å². The summed E-state index contributed by atoms with van der Waals surface area (Å²) >= 11 is 0. The maximum absolute atomic E-state index is 13.6. The van der Waals surface area contributed by atoms with E-state index < -0.39 is 51.5 Å². The molecule has 0 fully saturated rings. The van der Waals surface area contributed by atoms with Gasteiger partial charge in [-0.25, -0.2) is 9.59 Å². The number of dihydropyridines is 1. The zero-order valence-corrected chi connectivity index (χ0v) is 14.7. The normalized spacial score (nSPS) is 17.2. The van der Waals surface area contributed by atoms with Gasteiger partial charge in [-0.2, -0.15) is 13.2 Å². The van der Waals surface area contributed by atoms with Crippen LogP contribution in [0.2, 0.25) is 0 Å². The van der Waals surface area contributed by atoms with Crippen molar-refractivity contribution < 1.29 is 37.5 Å². The summed E-state index contributed by atoms with van der Waals surface area (Å²) in [5.74, 6) is -4.66. The Morgan fingerprint density at radius 2 is 1.96 bits per heavy atom. The highest BCUT2D eigenvalue weighted by Gasteiger charge is 2.47. The number of nitrogens with zero attached hydrogens (tertiary/aromatic N) is 1. The Kier molecular flexibility index (Phi) is 5.76. The van der Waals surface area contributed by atoms with Gasteiger partial charge in [0.05, 0.1) is 28.6 Å². The van der Waals surface area contributed by atoms with Crippen LogP contribution in [0.25, 0.3) is 0 Å². The van der Waals surface area contributed by atoms with Crippen molar-refractivity contribution in [1.82, 2.24) is 5.32 Å². The lowest BCUT2D eigenvalue weighted by Gasteiger charge is -2.31. The lowest BCUT2D eigenvalue weighted by atomic mass is 9.80. The number of carbonyl (C=O) groups excluding carboxylic acids is 1. The molecule has 1 aliphatic rings. The zero-order chi connectivity index (χ0) is 21.2. The quantitative estimate of drug-likeness (QED) is 0.443. The van der Waals surface area contributed by atoms with Crippen molar-refractivity contribution in [3.63, 3.8) is 0 Å². The monoisotopic (exact) mass is 400 g/mol. The number of halogens is 3. The molecule has 1 aromatic rings. The van der Waals surface area contributed by atoms with Crippen LogP contribution in [0.5, 0.6) is 0 Å². The number of nitrogens with one attached hydrogen (secondary N) is 1. The summed E-state index contributed by atoms with van der Waals surface area (Å²) in [6, 6.07) is 4.44. The Morgan fingerprint density at radius 3 is 2.46 bits per heavy atom. The minimum Gasteiger partial charge on any atom is -0.478 e. The molecule has 1 unspecified atom stereocenters. The molecule has 11 heteroatoms. The minimum absolute atomic E-state index is 0.155. The molecule has 1 atom stereocenters. The van der Waals surface area contributed by atoms with Crippen molar-refractivity contribution in [3.8, 4) is 0 Å². The van der Waals surface area contributed by atoms with Crippen LogP contribution < -0.4 is 5.32 Å². The van der Waals surface area contributed by atoms with E-state index in [0.717, 1.165) is 19.1 Å². The van der Waals surface area contributed by atoms with E-state index >= 15 is 0 Å². The molecule has 0 aliphatic carbocycles. The van der Waals surface area contributed by atoms with Crippen molar-refractivity contribution in [2.75, 3.05) is 6.61 Å². The lowest BCUT2D eigenvalue weighted by Crippen LogP contribution is -2.38. The number of allylic oxidation sites excluding steroid dienone is 2. The van der Waals surface area contributed by atoms with E-state index in [0.29, 0.717) is 0 Å². The summed E-state index contributed by atoms with van der Waals surface area (Å²) in [6.45, 7) is 2.24. The Morgan fingerprint density at radius 1 is 1.32 bits per heavy atom. The highest BCUT2D eigenvalue weighted by atomic mass is 19.4. The Hall–Kier alpha value is -3.37. The number of alkyl halides is 3. The SMILES string of the molecule is CCOC(=O)C1=C(C(F)(F)F)NC(C)=C(C(=O)O)C1c1cccc([N+](=O)[O-])c1. The van der Waals surface area contributed by atoms with Crippen LogP contribution in [0.4, 0.5) is 18.9 Å². The topological polar surface area (TPSA) is 119 Å². The number of nitro groups is 1. The molecule has 0 saturated heterocycles. The summed E-state index contributed by atoms with van der Waals surface area (Å²) in [7, 11) is 0. The molecule has 8 nitrogen and oxygen atoms in total. The van der Waals surface area contributed by atoms with Gasteiger partial charge >= 0.3 is 18.1 Å². The number of carboxylic acid groups (broad SMARTS) is 1. The lowest BCUT2D eigenvalue weighted by molar-refractivity contribution is -0.384. The fraction of sp³-hybridized carbons (Fsp3) is 0.294. The second kappa shape index (κ2) is 7.71. The third-order valence-electron chi connectivity index (χ3n) is 3.99. The highest BCUT2D eigenvalue weighted by molar-refractivity contribution is 5.99. The number of ether oxygens (including phenoxy) is 1. The van der Waals surface area contributed by atoms with Crippen LogP contribution >= 0.6 is 0 Å². The molecule has 1 aromatic carbocycles. The first-order valence-corrected chi connectivity index (χ1v) is 7.92. The first-order valence-electron chi connectivity index (χ1n) is 7.92. The number of esters is 1. The van der Waals surface area contributed by atoms with E-state index in [1.807, 2.05) is 5.32 Å². The van der Waals surface area contributed by atoms with Crippen molar-refractivity contribution in [2.45, 2.75) is 25.9 Å². The highest BCUT2D eigenvalue weighted by Crippen LogP contribution is 2.43. The standard InChI is InChI=1S/C17H15F3N2O6/c1-3-28-16(25)13-12(9-5-4-6-10(7-9)22(26)27)11(15(23)24)8(2)21-14(13)17(18,19)20/h4-7,12,21H,3H2,1-2H3,(H,23,24). The van der Waals surface area contributed by atoms with Crippen LogP contribution in [0.15, 0.2) is 46.8 Å². The summed E-state index contributed by atoms with van der Waals surface area (Å²) < 4.78 is 45.5. The molecule has 0 bridgehead atoms. The molecule has 0 amide bonds. The molecule has 28 heavy (non-hydrogen) atoms. The molecule has 0 spiro atoms. The Bertz CT molecular complexity index is 904. The third-order valence-corrected chi connectivity index (χ3v) is 3.99. The molecule has 150 valence electrons. The number of carboxylic acids is 1. The van der Waals surface area contributed by atoms with Gasteiger partial charge in [0.15, 0.2) is 0 Å². The second-order valence-corrected chi connectivity index (χ2v) is 5.76. The molecular formula is C17H15F3N2O6. The van der Waals surface area contributed by atoms with Crippen molar-refractivity contribution in [3.05, 3.63) is 62.5 Å². The molecule has 2 rings (SSSR count). The fourth-order valence-electron chi connectivity index (χ4n) is 2.91. The first kappa shape index (κ1) is 20.9. The number of carbonyl (C=O) groups is 2. The number of aliphatic carboxylic acids is 1. The number of non-ortho nitro benzene ring substituents is 1. The second-order valence-electron chi connectivity index (χ2n) is 5.76. The summed E-state index contributed by atoms with van der Waals surface area (Å²) in [6.07, 6.45) is -5.02. The number of rotatable bonds is 5. The van der Waals surface area contributed by atoms with E-state index in [-0.39, 0.29) is 17.9 Å². The Balaban J connectivity index is 2.84. The van der Waals surface area contributed by atoms with E-state index in [9.17, 15) is 38.0 Å². The predicted octanol–water partition coefficient (Wildman–Crippen LogP) is 3.02. The van der Waals surface area contributed by atoms with E-state index in [2.05, 4.69) is 0 Å². The van der Waals surface area contributed by atoms with Crippen LogP contribution in [-0.4, -0.2) is 34.8 Å². The van der Waals surface area contributed by atoms with E-state index in [1.165, 1.54) is 19.1 Å². The van der Waals surface area contributed by atoms with Gasteiger partial charge in [-0.15, -0.1) is 0 Å². The summed E-state index contributed by atoms with van der Waals surface area (Å²) in [5, 5.41) is 22.5. The maximum atomic E-state index is 13.6. The van der Waals surface area contributed by atoms with Crippen molar-refractivity contribution >= 4 is 17.6 Å². The van der Waals surface area contributed by atoms with Gasteiger partial charge < -0.3 is 15.2 Å². The molecule has 0 radical (unpaired) electrons. The van der Waals surface area contributed by atoms with Crippen LogP contribution in [0.3, 0.4) is 0 Å². The van der Waals surface area contributed by atoms with Gasteiger partial charge in [0, 0.05) is 17.8 Å². The van der Waals surface area contributed by atoms with Gasteiger partial charge in [-0.3, -0.25) is 10.1 Å². The van der Waals surface area contributed by atoms with Gasteiger partial charge in [0.1, 0.15) is 5.70 Å². The predicted molar refractivity (Wildman–Crippen MR) is 89.0 cm³/mol. The number of hydrogen-bond donors (Lipinski definition) is 2. The fourth-order valence-corrected chi connectivity index (χ4v) is 2.91. The molecule has 0 saturated carbocycles. The van der Waals surface area contributed by atoms with Gasteiger partial charge in [-0.05, 0) is 19.4 Å². The minimum atomic E-state index is -5.02. The van der Waals surface area contributed by atoms with Gasteiger partial charge in [-0.1, -0.05) is 12.1 Å². The van der Waals surface area contributed by atoms with Crippen LogP contribution in [0.1, 0.15) is 25.3 Å². The number of benzene rings is 1. The third kappa shape index (κ3) is 3.97. The van der Waals surface area contributed by atoms with E-state index in [4.69, 9.17) is 4.74 Å². The van der Waals surface area contributed by atoms with Gasteiger partial charge in [0.25, 0.3) is 5.69 Å². The molecular weight excluding hydrogens is 385 g/mol. The van der Waals surface area contributed by atoms with Crippen LogP contribution in [-0.2, 0) is 14.3 Å². The molecule has 0 aromatic heterocycles. The average Bonchev–Trinajstić information content (AvgIpc) is 2.59. The Labute approximate surface area is 156 Å². The van der Waals surface area contributed by atoms with Crippen molar-refractivity contribution in [1.29, 1.82) is 0 Å². The first-order chi connectivity index (χ1) is 13.0. The largest absolute Gasteiger partial charge is 0.478 e. The average molecular weight is 400 g/mol. The molecule has 2 N–H and O–H groups in total. The van der Waals surface area contributed by atoms with Gasteiger partial charge in [0.2, 0.25) is 0 Å².